The monoisotopic (exact) mass is 267 g/mol. The third-order valence-electron chi connectivity index (χ3n) is 3.85. The maximum atomic E-state index is 5.94. The fourth-order valence-electron chi connectivity index (χ4n) is 2.81. The number of hydrogen-bond donors (Lipinski definition) is 1. The van der Waals surface area contributed by atoms with E-state index in [9.17, 15) is 0 Å². The van der Waals surface area contributed by atoms with Gasteiger partial charge in [-0.25, -0.2) is 0 Å². The molecule has 1 heterocycles. The fourth-order valence-corrected chi connectivity index (χ4v) is 2.81. The van der Waals surface area contributed by atoms with Crippen molar-refractivity contribution >= 4 is 0 Å². The lowest BCUT2D eigenvalue weighted by molar-refractivity contribution is 0.210. The number of fused-ring (bicyclic) bond motifs is 1. The normalized spacial score (nSPS) is 20.5. The SMILES string of the molecule is CCCNC1c2cc(-c3ccccc3)ccc2OC1C. The van der Waals surface area contributed by atoms with Crippen molar-refractivity contribution in [3.63, 3.8) is 0 Å². The quantitative estimate of drug-likeness (QED) is 0.897. The van der Waals surface area contributed by atoms with Crippen molar-refractivity contribution < 1.29 is 4.74 Å². The van der Waals surface area contributed by atoms with Crippen LogP contribution in [0.15, 0.2) is 48.5 Å². The smallest absolute Gasteiger partial charge is 0.124 e. The number of hydrogen-bond acceptors (Lipinski definition) is 2. The van der Waals surface area contributed by atoms with Gasteiger partial charge >= 0.3 is 0 Å². The molecule has 2 nitrogen and oxygen atoms in total. The van der Waals surface area contributed by atoms with Crippen LogP contribution in [0.5, 0.6) is 5.75 Å². The molecule has 0 bridgehead atoms. The molecule has 3 rings (SSSR count). The lowest BCUT2D eigenvalue weighted by Gasteiger charge is -2.16. The van der Waals surface area contributed by atoms with E-state index in [1.165, 1.54) is 16.7 Å². The first-order chi connectivity index (χ1) is 9.79. The minimum absolute atomic E-state index is 0.197. The molecule has 2 aromatic carbocycles. The highest BCUT2D eigenvalue weighted by atomic mass is 16.5. The predicted octanol–water partition coefficient (Wildman–Crippen LogP) is 4.18. The molecule has 1 aliphatic rings. The molecule has 0 amide bonds. The Labute approximate surface area is 120 Å². The summed E-state index contributed by atoms with van der Waals surface area (Å²) >= 11 is 0. The first-order valence-electron chi connectivity index (χ1n) is 7.39. The lowest BCUT2D eigenvalue weighted by Crippen LogP contribution is -2.29. The molecule has 0 aromatic heterocycles. The molecular weight excluding hydrogens is 246 g/mol. The van der Waals surface area contributed by atoms with Gasteiger partial charge in [0.1, 0.15) is 11.9 Å². The lowest BCUT2D eigenvalue weighted by atomic mass is 9.98. The zero-order valence-corrected chi connectivity index (χ0v) is 12.1. The molecular formula is C18H21NO. The second-order valence-electron chi connectivity index (χ2n) is 5.37. The second kappa shape index (κ2) is 5.68. The van der Waals surface area contributed by atoms with Gasteiger partial charge in [0.15, 0.2) is 0 Å². The minimum Gasteiger partial charge on any atom is -0.488 e. The van der Waals surface area contributed by atoms with E-state index in [0.29, 0.717) is 6.04 Å². The predicted molar refractivity (Wildman–Crippen MR) is 83.0 cm³/mol. The molecule has 0 radical (unpaired) electrons. The highest BCUT2D eigenvalue weighted by molar-refractivity contribution is 5.66. The summed E-state index contributed by atoms with van der Waals surface area (Å²) in [4.78, 5) is 0. The van der Waals surface area contributed by atoms with Gasteiger partial charge in [0, 0.05) is 5.56 Å². The minimum atomic E-state index is 0.197. The van der Waals surface area contributed by atoms with Crippen LogP contribution in [0.4, 0.5) is 0 Å². The van der Waals surface area contributed by atoms with Crippen LogP contribution in [-0.2, 0) is 0 Å². The largest absolute Gasteiger partial charge is 0.488 e. The van der Waals surface area contributed by atoms with Crippen molar-refractivity contribution in [2.75, 3.05) is 6.54 Å². The van der Waals surface area contributed by atoms with Crippen molar-refractivity contribution in [2.45, 2.75) is 32.4 Å². The summed E-state index contributed by atoms with van der Waals surface area (Å²) in [6.07, 6.45) is 1.33. The Morgan fingerprint density at radius 2 is 1.85 bits per heavy atom. The van der Waals surface area contributed by atoms with Gasteiger partial charge in [-0.2, -0.15) is 0 Å². The molecule has 0 saturated heterocycles. The first-order valence-corrected chi connectivity index (χ1v) is 7.39. The van der Waals surface area contributed by atoms with Crippen molar-refractivity contribution in [3.05, 3.63) is 54.1 Å². The maximum Gasteiger partial charge on any atom is 0.124 e. The van der Waals surface area contributed by atoms with Crippen molar-refractivity contribution in [1.82, 2.24) is 5.32 Å². The number of ether oxygens (including phenoxy) is 1. The summed E-state index contributed by atoms with van der Waals surface area (Å²) in [6, 6.07) is 17.3. The maximum absolute atomic E-state index is 5.94. The summed E-state index contributed by atoms with van der Waals surface area (Å²) in [5.41, 5.74) is 3.79. The van der Waals surface area contributed by atoms with Gasteiger partial charge in [-0.1, -0.05) is 43.3 Å². The fraction of sp³-hybridized carbons (Fsp3) is 0.333. The molecule has 0 saturated carbocycles. The number of rotatable bonds is 4. The molecule has 2 unspecified atom stereocenters. The topological polar surface area (TPSA) is 21.3 Å². The second-order valence-corrected chi connectivity index (χ2v) is 5.37. The summed E-state index contributed by atoms with van der Waals surface area (Å²) in [5.74, 6) is 1.02. The van der Waals surface area contributed by atoms with Gasteiger partial charge in [0.05, 0.1) is 6.04 Å². The van der Waals surface area contributed by atoms with Gasteiger partial charge in [0.25, 0.3) is 0 Å². The van der Waals surface area contributed by atoms with Gasteiger partial charge in [-0.3, -0.25) is 0 Å². The Morgan fingerprint density at radius 3 is 2.60 bits per heavy atom. The van der Waals surface area contributed by atoms with Crippen LogP contribution in [-0.4, -0.2) is 12.6 Å². The standard InChI is InChI=1S/C18H21NO/c1-3-11-19-18-13(2)20-17-10-9-15(12-16(17)18)14-7-5-4-6-8-14/h4-10,12-13,18-19H,3,11H2,1-2H3. The Bertz CT molecular complexity index is 579. The van der Waals surface area contributed by atoms with Crippen molar-refractivity contribution in [2.24, 2.45) is 0 Å². The van der Waals surface area contributed by atoms with E-state index in [0.717, 1.165) is 18.7 Å². The third-order valence-corrected chi connectivity index (χ3v) is 3.85. The van der Waals surface area contributed by atoms with Crippen molar-refractivity contribution in [3.8, 4) is 16.9 Å². The van der Waals surface area contributed by atoms with E-state index in [1.54, 1.807) is 0 Å². The average molecular weight is 267 g/mol. The van der Waals surface area contributed by atoms with Crippen LogP contribution in [0.1, 0.15) is 31.9 Å². The van der Waals surface area contributed by atoms with Crippen LogP contribution >= 0.6 is 0 Å². The van der Waals surface area contributed by atoms with Gasteiger partial charge in [-0.05, 0) is 43.1 Å². The summed E-state index contributed by atoms with van der Waals surface area (Å²) in [6.45, 7) is 5.34. The molecule has 0 fully saturated rings. The van der Waals surface area contributed by atoms with Gasteiger partial charge in [-0.15, -0.1) is 0 Å². The summed E-state index contributed by atoms with van der Waals surface area (Å²) in [5, 5.41) is 3.59. The van der Waals surface area contributed by atoms with Crippen LogP contribution in [0.3, 0.4) is 0 Å². The number of benzene rings is 2. The van der Waals surface area contributed by atoms with E-state index in [1.807, 2.05) is 6.07 Å². The van der Waals surface area contributed by atoms with Crippen molar-refractivity contribution in [1.29, 1.82) is 0 Å². The summed E-state index contributed by atoms with van der Waals surface area (Å²) in [7, 11) is 0. The van der Waals surface area contributed by atoms with Crippen LogP contribution in [0.25, 0.3) is 11.1 Å². The molecule has 1 aliphatic heterocycles. The highest BCUT2D eigenvalue weighted by Gasteiger charge is 2.30. The Balaban J connectivity index is 1.94. The highest BCUT2D eigenvalue weighted by Crippen LogP contribution is 2.39. The molecule has 1 N–H and O–H groups in total. The summed E-state index contributed by atoms with van der Waals surface area (Å²) < 4.78 is 5.94. The molecule has 0 spiro atoms. The van der Waals surface area contributed by atoms with E-state index in [-0.39, 0.29) is 6.10 Å². The van der Waals surface area contributed by atoms with E-state index in [2.05, 4.69) is 61.6 Å². The first kappa shape index (κ1) is 13.2. The third kappa shape index (κ3) is 2.44. The van der Waals surface area contributed by atoms with Crippen LogP contribution in [0, 0.1) is 0 Å². The van der Waals surface area contributed by atoms with E-state index in [4.69, 9.17) is 4.74 Å². The Morgan fingerprint density at radius 1 is 1.05 bits per heavy atom. The van der Waals surface area contributed by atoms with Crippen LogP contribution < -0.4 is 10.1 Å². The molecule has 2 atom stereocenters. The number of nitrogens with one attached hydrogen (secondary N) is 1. The Kier molecular flexibility index (Phi) is 3.75. The molecule has 2 aromatic rings. The van der Waals surface area contributed by atoms with E-state index >= 15 is 0 Å². The zero-order valence-electron chi connectivity index (χ0n) is 12.1. The molecule has 20 heavy (non-hydrogen) atoms. The molecule has 2 heteroatoms. The Hall–Kier alpha value is -1.80. The molecule has 104 valence electrons. The van der Waals surface area contributed by atoms with E-state index < -0.39 is 0 Å². The average Bonchev–Trinajstić information content (AvgIpc) is 2.80. The zero-order chi connectivity index (χ0) is 13.9. The molecule has 0 aliphatic carbocycles. The van der Waals surface area contributed by atoms with Gasteiger partial charge in [0.2, 0.25) is 0 Å². The van der Waals surface area contributed by atoms with Gasteiger partial charge < -0.3 is 10.1 Å². The van der Waals surface area contributed by atoms with Crippen LogP contribution in [0.2, 0.25) is 0 Å².